The van der Waals surface area contributed by atoms with Gasteiger partial charge in [-0.25, -0.2) is 4.39 Å². The van der Waals surface area contributed by atoms with Crippen LogP contribution in [0.4, 0.5) is 4.39 Å². The molecule has 0 radical (unpaired) electrons. The van der Waals surface area contributed by atoms with Crippen LogP contribution in [-0.2, 0) is 13.1 Å². The van der Waals surface area contributed by atoms with Crippen molar-refractivity contribution < 1.29 is 9.18 Å². The minimum atomic E-state index is -0.534. The van der Waals surface area contributed by atoms with Gasteiger partial charge in [0.15, 0.2) is 0 Å². The first-order valence-corrected chi connectivity index (χ1v) is 9.39. The summed E-state index contributed by atoms with van der Waals surface area (Å²) >= 11 is 0. The van der Waals surface area contributed by atoms with E-state index in [2.05, 4.69) is 5.32 Å². The molecule has 4 rings (SSSR count). The molecule has 29 heavy (non-hydrogen) atoms. The van der Waals surface area contributed by atoms with Crippen molar-refractivity contribution in [2.75, 3.05) is 0 Å². The Morgan fingerprint density at radius 2 is 1.55 bits per heavy atom. The van der Waals surface area contributed by atoms with E-state index in [1.54, 1.807) is 12.1 Å². The van der Waals surface area contributed by atoms with Gasteiger partial charge in [0, 0.05) is 23.9 Å². The lowest BCUT2D eigenvalue weighted by atomic mass is 10.1. The molecular weight excluding hydrogens is 365 g/mol. The summed E-state index contributed by atoms with van der Waals surface area (Å²) in [6.07, 6.45) is 1.93. The molecule has 144 valence electrons. The summed E-state index contributed by atoms with van der Waals surface area (Å²) in [7, 11) is 0. The van der Waals surface area contributed by atoms with E-state index in [9.17, 15) is 9.18 Å². The lowest BCUT2D eigenvalue weighted by Gasteiger charge is -2.06. The predicted octanol–water partition coefficient (Wildman–Crippen LogP) is 4.67. The number of carbonyl (C=O) groups excluding carboxylic acids is 1. The van der Waals surface area contributed by atoms with Gasteiger partial charge in [0.1, 0.15) is 5.82 Å². The number of rotatable bonds is 6. The molecule has 0 bridgehead atoms. The molecule has 1 N–H and O–H groups in total. The topological polar surface area (TPSA) is 46.9 Å². The Kier molecular flexibility index (Phi) is 5.47. The van der Waals surface area contributed by atoms with E-state index in [0.717, 1.165) is 22.4 Å². The number of halogens is 1. The highest BCUT2D eigenvalue weighted by Gasteiger charge is 2.15. The van der Waals surface area contributed by atoms with Crippen molar-refractivity contribution in [1.82, 2.24) is 15.1 Å². The van der Waals surface area contributed by atoms with Gasteiger partial charge in [-0.15, -0.1) is 0 Å². The molecule has 0 saturated carbocycles. The standard InChI is InChI=1S/C24H20FN3O/c25-22-14-8-7-13-21(22)24(29)26-15-20-17-28(16-18-9-3-1-4-10-18)27-23(20)19-11-5-2-6-12-19/h1-14,17H,15-16H2,(H,26,29). The van der Waals surface area contributed by atoms with E-state index in [1.807, 2.05) is 71.5 Å². The number of aromatic nitrogens is 2. The van der Waals surface area contributed by atoms with Crippen molar-refractivity contribution in [2.24, 2.45) is 0 Å². The molecule has 0 aliphatic rings. The summed E-state index contributed by atoms with van der Waals surface area (Å²) in [5, 5.41) is 7.55. The highest BCUT2D eigenvalue weighted by atomic mass is 19.1. The van der Waals surface area contributed by atoms with Crippen molar-refractivity contribution in [1.29, 1.82) is 0 Å². The van der Waals surface area contributed by atoms with E-state index in [-0.39, 0.29) is 12.1 Å². The van der Waals surface area contributed by atoms with E-state index in [4.69, 9.17) is 5.10 Å². The first-order chi connectivity index (χ1) is 14.2. The van der Waals surface area contributed by atoms with Crippen molar-refractivity contribution in [3.8, 4) is 11.3 Å². The van der Waals surface area contributed by atoms with Crippen LogP contribution in [-0.4, -0.2) is 15.7 Å². The van der Waals surface area contributed by atoms with Crippen LogP contribution in [0.15, 0.2) is 91.1 Å². The van der Waals surface area contributed by atoms with Crippen LogP contribution in [0.2, 0.25) is 0 Å². The van der Waals surface area contributed by atoms with E-state index in [1.165, 1.54) is 12.1 Å². The zero-order valence-corrected chi connectivity index (χ0v) is 15.8. The summed E-state index contributed by atoms with van der Waals surface area (Å²) in [4.78, 5) is 12.4. The number of hydrogen-bond acceptors (Lipinski definition) is 2. The van der Waals surface area contributed by atoms with Gasteiger partial charge >= 0.3 is 0 Å². The largest absolute Gasteiger partial charge is 0.348 e. The van der Waals surface area contributed by atoms with Crippen molar-refractivity contribution in [3.05, 3.63) is 114 Å². The van der Waals surface area contributed by atoms with Crippen molar-refractivity contribution >= 4 is 5.91 Å². The maximum Gasteiger partial charge on any atom is 0.254 e. The molecule has 1 heterocycles. The number of hydrogen-bond donors (Lipinski definition) is 1. The van der Waals surface area contributed by atoms with Gasteiger partial charge in [-0.3, -0.25) is 9.48 Å². The molecule has 0 spiro atoms. The average Bonchev–Trinajstić information content (AvgIpc) is 3.16. The fourth-order valence-corrected chi connectivity index (χ4v) is 3.20. The molecule has 0 aliphatic heterocycles. The van der Waals surface area contributed by atoms with Crippen LogP contribution in [0.3, 0.4) is 0 Å². The average molecular weight is 385 g/mol. The molecule has 4 nitrogen and oxygen atoms in total. The van der Waals surface area contributed by atoms with Crippen LogP contribution in [0.5, 0.6) is 0 Å². The first kappa shape index (κ1) is 18.6. The molecule has 0 aliphatic carbocycles. The maximum atomic E-state index is 13.9. The van der Waals surface area contributed by atoms with Gasteiger partial charge in [0.2, 0.25) is 0 Å². The Bertz CT molecular complexity index is 1110. The molecule has 3 aromatic carbocycles. The monoisotopic (exact) mass is 385 g/mol. The molecule has 0 unspecified atom stereocenters. The van der Waals surface area contributed by atoms with Crippen molar-refractivity contribution in [2.45, 2.75) is 13.1 Å². The Hall–Kier alpha value is -3.73. The number of benzene rings is 3. The van der Waals surface area contributed by atoms with Gasteiger partial charge in [-0.05, 0) is 17.7 Å². The zero-order valence-electron chi connectivity index (χ0n) is 15.8. The summed E-state index contributed by atoms with van der Waals surface area (Å²) in [5.41, 5.74) is 3.81. The van der Waals surface area contributed by atoms with Crippen LogP contribution < -0.4 is 5.32 Å². The third-order valence-corrected chi connectivity index (χ3v) is 4.63. The fourth-order valence-electron chi connectivity index (χ4n) is 3.20. The summed E-state index contributed by atoms with van der Waals surface area (Å²) in [6.45, 7) is 0.883. The third-order valence-electron chi connectivity index (χ3n) is 4.63. The Balaban J connectivity index is 1.59. The second-order valence-electron chi connectivity index (χ2n) is 6.71. The molecule has 0 fully saturated rings. The second-order valence-corrected chi connectivity index (χ2v) is 6.71. The normalized spacial score (nSPS) is 10.7. The molecule has 1 amide bonds. The molecule has 5 heteroatoms. The number of nitrogens with one attached hydrogen (secondary N) is 1. The van der Waals surface area contributed by atoms with E-state index >= 15 is 0 Å². The second kappa shape index (κ2) is 8.52. The predicted molar refractivity (Wildman–Crippen MR) is 111 cm³/mol. The van der Waals surface area contributed by atoms with Gasteiger partial charge in [0.05, 0.1) is 17.8 Å². The quantitative estimate of drug-likeness (QED) is 0.524. The minimum Gasteiger partial charge on any atom is -0.348 e. The molecule has 1 aromatic heterocycles. The summed E-state index contributed by atoms with van der Waals surface area (Å²) < 4.78 is 15.7. The fraction of sp³-hybridized carbons (Fsp3) is 0.0833. The Morgan fingerprint density at radius 1 is 0.897 bits per heavy atom. The number of amides is 1. The zero-order chi connectivity index (χ0) is 20.1. The van der Waals surface area contributed by atoms with Crippen LogP contribution in [0.1, 0.15) is 21.5 Å². The maximum absolute atomic E-state index is 13.9. The van der Waals surface area contributed by atoms with E-state index < -0.39 is 11.7 Å². The van der Waals surface area contributed by atoms with Gasteiger partial charge in [-0.2, -0.15) is 5.10 Å². The third kappa shape index (κ3) is 4.41. The molecule has 0 saturated heterocycles. The number of nitrogens with zero attached hydrogens (tertiary/aromatic N) is 2. The molecular formula is C24H20FN3O. The van der Waals surface area contributed by atoms with Gasteiger partial charge in [0.25, 0.3) is 5.91 Å². The molecule has 0 atom stereocenters. The highest BCUT2D eigenvalue weighted by molar-refractivity contribution is 5.94. The van der Waals surface area contributed by atoms with Crippen molar-refractivity contribution in [3.63, 3.8) is 0 Å². The first-order valence-electron chi connectivity index (χ1n) is 9.39. The molecule has 4 aromatic rings. The lowest BCUT2D eigenvalue weighted by molar-refractivity contribution is 0.0947. The minimum absolute atomic E-state index is 0.0328. The SMILES string of the molecule is O=C(NCc1cn(Cc2ccccc2)nc1-c1ccccc1)c1ccccc1F. The Morgan fingerprint density at radius 3 is 2.28 bits per heavy atom. The van der Waals surface area contributed by atoms with Crippen LogP contribution in [0.25, 0.3) is 11.3 Å². The lowest BCUT2D eigenvalue weighted by Crippen LogP contribution is -2.23. The van der Waals surface area contributed by atoms with Gasteiger partial charge in [-0.1, -0.05) is 72.8 Å². The van der Waals surface area contributed by atoms with E-state index in [0.29, 0.717) is 6.54 Å². The summed E-state index contributed by atoms with van der Waals surface area (Å²) in [5.74, 6) is -0.981. The smallest absolute Gasteiger partial charge is 0.254 e. The highest BCUT2D eigenvalue weighted by Crippen LogP contribution is 2.22. The van der Waals surface area contributed by atoms with Gasteiger partial charge < -0.3 is 5.32 Å². The Labute approximate surface area is 168 Å². The summed E-state index contributed by atoms with van der Waals surface area (Å²) in [6, 6.07) is 25.8. The number of carbonyl (C=O) groups is 1. The van der Waals surface area contributed by atoms with Crippen LogP contribution >= 0.6 is 0 Å². The van der Waals surface area contributed by atoms with Crippen LogP contribution in [0, 0.1) is 5.82 Å².